The van der Waals surface area contributed by atoms with Crippen LogP contribution in [0.5, 0.6) is 0 Å². The molecule has 0 bridgehead atoms. The van der Waals surface area contributed by atoms with Gasteiger partial charge >= 0.3 is 6.03 Å². The quantitative estimate of drug-likeness (QED) is 0.419. The first-order chi connectivity index (χ1) is 16.8. The molecule has 2 aromatic heterocycles. The number of rotatable bonds is 3. The van der Waals surface area contributed by atoms with Crippen molar-refractivity contribution in [3.63, 3.8) is 0 Å². The molecule has 1 fully saturated rings. The summed E-state index contributed by atoms with van der Waals surface area (Å²) >= 11 is 0. The molecule has 1 atom stereocenters. The Balaban J connectivity index is 0.000000164. The molecule has 2 aliphatic rings. The number of fused-ring (bicyclic) bond motifs is 2. The highest BCUT2D eigenvalue weighted by atomic mass is 19.1. The van der Waals surface area contributed by atoms with Gasteiger partial charge in [0.1, 0.15) is 17.3 Å². The average Bonchev–Trinajstić information content (AvgIpc) is 3.33. The van der Waals surface area contributed by atoms with Crippen molar-refractivity contribution in [2.75, 3.05) is 5.32 Å². The fraction of sp³-hybridized carbons (Fsp3) is 0.269. The van der Waals surface area contributed by atoms with Crippen molar-refractivity contribution in [2.45, 2.75) is 37.7 Å². The lowest BCUT2D eigenvalue weighted by Crippen LogP contribution is -2.21. The lowest BCUT2D eigenvalue weighted by Gasteiger charge is -2.12. The average molecular weight is 475 g/mol. The van der Waals surface area contributed by atoms with Crippen LogP contribution in [-0.4, -0.2) is 36.8 Å². The highest BCUT2D eigenvalue weighted by Gasteiger charge is 2.54. The van der Waals surface area contributed by atoms with E-state index in [2.05, 4.69) is 15.5 Å². The lowest BCUT2D eigenvalue weighted by molar-refractivity contribution is 0.146. The summed E-state index contributed by atoms with van der Waals surface area (Å²) in [4.78, 5) is 11.3. The van der Waals surface area contributed by atoms with E-state index in [1.165, 1.54) is 11.6 Å². The third kappa shape index (κ3) is 4.19. The molecule has 0 aliphatic heterocycles. The number of primary amides is 1. The zero-order valence-corrected chi connectivity index (χ0v) is 19.6. The van der Waals surface area contributed by atoms with Gasteiger partial charge in [0.05, 0.1) is 18.0 Å². The minimum atomic E-state index is -0.627. The van der Waals surface area contributed by atoms with Crippen LogP contribution in [0.4, 0.5) is 15.0 Å². The molecule has 9 heteroatoms. The first-order valence-electron chi connectivity index (χ1n) is 11.5. The minimum absolute atomic E-state index is 0.0169. The molecular weight excluding hydrogens is 447 g/mol. The molecule has 2 aliphatic carbocycles. The molecule has 1 unspecified atom stereocenters. The third-order valence-corrected chi connectivity index (χ3v) is 6.79. The molecular formula is C26H27FN6O2. The Hall–Kier alpha value is -3.98. The van der Waals surface area contributed by atoms with E-state index in [1.807, 2.05) is 56.6 Å². The molecule has 180 valence electrons. The first kappa shape index (κ1) is 22.8. The van der Waals surface area contributed by atoms with Gasteiger partial charge in [0.2, 0.25) is 0 Å². The van der Waals surface area contributed by atoms with Crippen LogP contribution >= 0.6 is 0 Å². The summed E-state index contributed by atoms with van der Waals surface area (Å²) < 4.78 is 16.3. The van der Waals surface area contributed by atoms with Crippen LogP contribution in [-0.2, 0) is 18.9 Å². The van der Waals surface area contributed by atoms with Crippen molar-refractivity contribution in [1.82, 2.24) is 19.6 Å². The number of carbonyl (C=O) groups excluding carboxylic acids is 1. The molecule has 2 amide bonds. The van der Waals surface area contributed by atoms with Crippen molar-refractivity contribution in [1.29, 1.82) is 0 Å². The fourth-order valence-corrected chi connectivity index (χ4v) is 4.87. The highest BCUT2D eigenvalue weighted by Crippen LogP contribution is 2.56. The summed E-state index contributed by atoms with van der Waals surface area (Å²) in [5.74, 6) is 0.362. The number of urea groups is 1. The second kappa shape index (κ2) is 8.66. The van der Waals surface area contributed by atoms with Gasteiger partial charge in [-0.2, -0.15) is 10.2 Å². The Kier molecular flexibility index (Phi) is 5.64. The van der Waals surface area contributed by atoms with Gasteiger partial charge in [-0.3, -0.25) is 10.00 Å². The van der Waals surface area contributed by atoms with Gasteiger partial charge in [-0.1, -0.05) is 24.3 Å². The van der Waals surface area contributed by atoms with E-state index in [-0.39, 0.29) is 17.3 Å². The standard InChI is InChI=1S/C15H16N6O.C11H11FO/c1-10-13(11-8-17-20(2)9-11)19-21(14(10)18-15(16)22)12-6-4-3-5-7-12;12-8-1-2-9-7(5-8)6-10(13)11(9)3-4-11/h3-9H,1-2H3,(H3,16,18,22);1-2,5,10,13H,3-4,6H2. The van der Waals surface area contributed by atoms with Gasteiger partial charge in [0, 0.05) is 29.8 Å². The molecule has 35 heavy (non-hydrogen) atoms. The number of nitrogens with two attached hydrogens (primary N) is 1. The summed E-state index contributed by atoms with van der Waals surface area (Å²) in [6, 6.07) is 13.8. The fourth-order valence-electron chi connectivity index (χ4n) is 4.87. The van der Waals surface area contributed by atoms with Crippen LogP contribution in [0.1, 0.15) is 29.5 Å². The largest absolute Gasteiger partial charge is 0.392 e. The maximum absolute atomic E-state index is 12.9. The number of hydrogen-bond donors (Lipinski definition) is 3. The van der Waals surface area contributed by atoms with Crippen molar-refractivity contribution in [3.8, 4) is 16.9 Å². The van der Waals surface area contributed by atoms with Crippen molar-refractivity contribution >= 4 is 11.8 Å². The van der Waals surface area contributed by atoms with Gasteiger partial charge in [-0.05, 0) is 61.6 Å². The second-order valence-electron chi connectivity index (χ2n) is 9.14. The number of amides is 2. The van der Waals surface area contributed by atoms with Gasteiger partial charge in [0.15, 0.2) is 0 Å². The number of halogens is 1. The van der Waals surface area contributed by atoms with Gasteiger partial charge < -0.3 is 10.8 Å². The summed E-state index contributed by atoms with van der Waals surface area (Å²) in [5, 5.41) is 21.2. The number of aliphatic hydroxyl groups is 1. The first-order valence-corrected chi connectivity index (χ1v) is 11.5. The predicted octanol–water partition coefficient (Wildman–Crippen LogP) is 3.85. The highest BCUT2D eigenvalue weighted by molar-refractivity contribution is 5.89. The number of aromatic nitrogens is 4. The van der Waals surface area contributed by atoms with E-state index in [9.17, 15) is 14.3 Å². The molecule has 0 radical (unpaired) electrons. The van der Waals surface area contributed by atoms with Gasteiger partial charge in [-0.25, -0.2) is 13.9 Å². The maximum atomic E-state index is 12.9. The minimum Gasteiger partial charge on any atom is -0.392 e. The van der Waals surface area contributed by atoms with E-state index in [4.69, 9.17) is 5.73 Å². The zero-order chi connectivity index (χ0) is 24.7. The molecule has 2 heterocycles. The smallest absolute Gasteiger partial charge is 0.317 e. The molecule has 4 aromatic rings. The number of anilines is 1. The number of nitrogens with zero attached hydrogens (tertiary/aromatic N) is 4. The van der Waals surface area contributed by atoms with Crippen molar-refractivity contribution < 1.29 is 14.3 Å². The van der Waals surface area contributed by atoms with E-state index in [1.54, 1.807) is 21.6 Å². The summed E-state index contributed by atoms with van der Waals surface area (Å²) in [5.41, 5.74) is 10.8. The number of benzene rings is 2. The van der Waals surface area contributed by atoms with Crippen LogP contribution in [0.2, 0.25) is 0 Å². The predicted molar refractivity (Wildman–Crippen MR) is 131 cm³/mol. The van der Waals surface area contributed by atoms with E-state index >= 15 is 0 Å². The molecule has 4 N–H and O–H groups in total. The van der Waals surface area contributed by atoms with Crippen LogP contribution < -0.4 is 11.1 Å². The third-order valence-electron chi connectivity index (χ3n) is 6.79. The number of para-hydroxylation sites is 1. The Morgan fingerprint density at radius 1 is 1.23 bits per heavy atom. The zero-order valence-electron chi connectivity index (χ0n) is 19.6. The maximum Gasteiger partial charge on any atom is 0.317 e. The molecule has 8 nitrogen and oxygen atoms in total. The molecule has 2 aromatic carbocycles. The number of hydrogen-bond acceptors (Lipinski definition) is 4. The van der Waals surface area contributed by atoms with Crippen LogP contribution in [0.15, 0.2) is 60.9 Å². The summed E-state index contributed by atoms with van der Waals surface area (Å²) in [6.45, 7) is 1.89. The number of aryl methyl sites for hydroxylation is 1. The van der Waals surface area contributed by atoms with Crippen molar-refractivity contribution in [3.05, 3.63) is 83.4 Å². The van der Waals surface area contributed by atoms with Crippen LogP contribution in [0.25, 0.3) is 16.9 Å². The summed E-state index contributed by atoms with van der Waals surface area (Å²) in [7, 11) is 1.84. The number of carbonyl (C=O) groups is 1. The topological polar surface area (TPSA) is 111 Å². The van der Waals surface area contributed by atoms with E-state index in [0.29, 0.717) is 12.2 Å². The molecule has 1 saturated carbocycles. The normalized spacial score (nSPS) is 17.0. The Labute approximate surface area is 202 Å². The van der Waals surface area contributed by atoms with Crippen LogP contribution in [0, 0.1) is 12.7 Å². The molecule has 0 saturated heterocycles. The Morgan fingerprint density at radius 3 is 2.60 bits per heavy atom. The van der Waals surface area contributed by atoms with Gasteiger partial charge in [-0.15, -0.1) is 0 Å². The number of nitrogens with one attached hydrogen (secondary N) is 1. The van der Waals surface area contributed by atoms with Crippen LogP contribution in [0.3, 0.4) is 0 Å². The number of aliphatic hydroxyl groups excluding tert-OH is 1. The van der Waals surface area contributed by atoms with Gasteiger partial charge in [0.25, 0.3) is 0 Å². The Morgan fingerprint density at radius 2 is 1.97 bits per heavy atom. The van der Waals surface area contributed by atoms with E-state index in [0.717, 1.165) is 40.9 Å². The monoisotopic (exact) mass is 474 g/mol. The summed E-state index contributed by atoms with van der Waals surface area (Å²) in [6.07, 6.45) is 6.09. The van der Waals surface area contributed by atoms with Crippen molar-refractivity contribution in [2.24, 2.45) is 12.8 Å². The lowest BCUT2D eigenvalue weighted by atomic mass is 9.97. The Bertz CT molecular complexity index is 1390. The SMILES string of the molecule is Cc1c(-c2cnn(C)c2)nn(-c2ccccc2)c1NC(N)=O.OC1Cc2cc(F)ccc2C12CC2. The molecule has 1 spiro atoms. The second-order valence-corrected chi connectivity index (χ2v) is 9.14. The molecule has 6 rings (SSSR count). The van der Waals surface area contributed by atoms with E-state index < -0.39 is 6.03 Å².